The fourth-order valence-electron chi connectivity index (χ4n) is 1.95. The van der Waals surface area contributed by atoms with Gasteiger partial charge in [-0.3, -0.25) is 4.79 Å². The summed E-state index contributed by atoms with van der Waals surface area (Å²) in [6, 6.07) is 0. The summed E-state index contributed by atoms with van der Waals surface area (Å²) >= 11 is 0. The second-order valence-electron chi connectivity index (χ2n) is 4.95. The van der Waals surface area contributed by atoms with Crippen molar-refractivity contribution in [3.8, 4) is 23.7 Å². The van der Waals surface area contributed by atoms with Crippen LogP contribution >= 0.6 is 0 Å². The van der Waals surface area contributed by atoms with Crippen molar-refractivity contribution in [3.05, 3.63) is 0 Å². The van der Waals surface area contributed by atoms with Crippen LogP contribution in [0.15, 0.2) is 0 Å². The lowest BCUT2D eigenvalue weighted by Gasteiger charge is -1.96. The van der Waals surface area contributed by atoms with E-state index in [2.05, 4.69) is 30.6 Å². The van der Waals surface area contributed by atoms with Gasteiger partial charge in [0.05, 0.1) is 12.2 Å². The molecule has 2 heteroatoms. The summed E-state index contributed by atoms with van der Waals surface area (Å²) in [6.45, 7) is 4.03. The van der Waals surface area contributed by atoms with E-state index < -0.39 is 0 Å². The predicted molar refractivity (Wildman–Crippen MR) is 77.5 cm³/mol. The zero-order chi connectivity index (χ0) is 13.9. The lowest BCUT2D eigenvalue weighted by molar-refractivity contribution is -0.113. The highest BCUT2D eigenvalue weighted by molar-refractivity contribution is 5.95. The normalized spacial score (nSPS) is 19.9. The highest BCUT2D eigenvalue weighted by Gasteiger charge is 2.36. The average Bonchev–Trinajstić information content (AvgIpc) is 3.16. The smallest absolute Gasteiger partial charge is 0.206 e. The van der Waals surface area contributed by atoms with Crippen molar-refractivity contribution in [2.24, 2.45) is 0 Å². The molecule has 2 nitrogen and oxygen atoms in total. The van der Waals surface area contributed by atoms with E-state index in [1.165, 1.54) is 32.1 Å². The van der Waals surface area contributed by atoms with E-state index in [4.69, 9.17) is 4.74 Å². The summed E-state index contributed by atoms with van der Waals surface area (Å²) in [4.78, 5) is 10.9. The average molecular weight is 260 g/mol. The Morgan fingerprint density at radius 1 is 1.05 bits per heavy atom. The molecule has 1 heterocycles. The molecule has 1 aliphatic rings. The van der Waals surface area contributed by atoms with Gasteiger partial charge in [0.1, 0.15) is 0 Å². The molecule has 1 saturated heterocycles. The summed E-state index contributed by atoms with van der Waals surface area (Å²) in [6.07, 6.45) is 9.65. The number of unbranched alkanes of at least 4 members (excludes halogenated alkanes) is 4. The number of Topliss-reactive ketones (excluding diaryl/α,β-unsaturated/α-hetero) is 1. The van der Waals surface area contributed by atoms with Crippen LogP contribution in [0.4, 0.5) is 0 Å². The van der Waals surface area contributed by atoms with Crippen molar-refractivity contribution in [2.45, 2.75) is 77.4 Å². The second-order valence-corrected chi connectivity index (χ2v) is 4.95. The third-order valence-corrected chi connectivity index (χ3v) is 3.26. The largest absolute Gasteiger partial charge is 0.369 e. The van der Waals surface area contributed by atoms with Crippen LogP contribution < -0.4 is 0 Å². The maximum Gasteiger partial charge on any atom is 0.206 e. The minimum atomic E-state index is -0.0538. The van der Waals surface area contributed by atoms with Crippen LogP contribution in [0.25, 0.3) is 0 Å². The molecule has 0 amide bonds. The van der Waals surface area contributed by atoms with Crippen LogP contribution in [-0.2, 0) is 9.53 Å². The van der Waals surface area contributed by atoms with E-state index in [9.17, 15) is 4.79 Å². The molecule has 0 aromatic rings. The molecule has 2 atom stereocenters. The molecule has 0 aromatic heterocycles. The van der Waals surface area contributed by atoms with Crippen LogP contribution in [-0.4, -0.2) is 18.0 Å². The third-order valence-electron chi connectivity index (χ3n) is 3.26. The zero-order valence-electron chi connectivity index (χ0n) is 12.1. The molecule has 0 N–H and O–H groups in total. The molecular weight excluding hydrogens is 236 g/mol. The van der Waals surface area contributed by atoms with Crippen molar-refractivity contribution in [1.82, 2.24) is 0 Å². The molecule has 0 spiro atoms. The first-order valence-corrected chi connectivity index (χ1v) is 7.45. The van der Waals surface area contributed by atoms with Crippen molar-refractivity contribution in [3.63, 3.8) is 0 Å². The number of hydrogen-bond acceptors (Lipinski definition) is 2. The Morgan fingerprint density at radius 2 is 1.84 bits per heavy atom. The number of carbonyl (C=O) groups excluding carboxylic acids is 1. The molecule has 104 valence electrons. The highest BCUT2D eigenvalue weighted by atomic mass is 16.6. The Bertz CT molecular complexity index is 389. The zero-order valence-corrected chi connectivity index (χ0v) is 12.1. The van der Waals surface area contributed by atoms with Gasteiger partial charge in [-0.15, -0.1) is 0 Å². The molecule has 19 heavy (non-hydrogen) atoms. The van der Waals surface area contributed by atoms with Gasteiger partial charge < -0.3 is 4.74 Å². The van der Waals surface area contributed by atoms with E-state index in [0.717, 1.165) is 12.8 Å². The number of carbonyl (C=O) groups is 1. The standard InChI is InChI=1S/C17H24O2/c1-3-5-6-7-10-13-16-17(19-16)14-11-8-9-12-15(18)4-2/h16-17H,3-7,10,13-14H2,1-2H3/t16-,17-/m1/s1. The van der Waals surface area contributed by atoms with Crippen LogP contribution in [0.3, 0.4) is 0 Å². The molecule has 0 aliphatic carbocycles. The van der Waals surface area contributed by atoms with Gasteiger partial charge in [-0.05, 0) is 24.2 Å². The second kappa shape index (κ2) is 9.65. The monoisotopic (exact) mass is 260 g/mol. The molecule has 0 saturated carbocycles. The molecule has 1 rings (SSSR count). The summed E-state index contributed by atoms with van der Waals surface area (Å²) in [5.74, 6) is 10.7. The maximum atomic E-state index is 10.9. The maximum absolute atomic E-state index is 10.9. The summed E-state index contributed by atoms with van der Waals surface area (Å²) in [5, 5.41) is 0. The molecule has 1 aliphatic heterocycles. The Hall–Kier alpha value is -1.25. The SMILES string of the molecule is CCCCCCC[C@H]1O[C@@H]1CC#CC#CC(=O)CC. The molecule has 0 unspecified atom stereocenters. The first-order chi connectivity index (χ1) is 9.27. The van der Waals surface area contributed by atoms with Crippen LogP contribution in [0.1, 0.15) is 65.2 Å². The van der Waals surface area contributed by atoms with Gasteiger partial charge >= 0.3 is 0 Å². The molecule has 1 fully saturated rings. The van der Waals surface area contributed by atoms with Gasteiger partial charge in [-0.2, -0.15) is 0 Å². The first kappa shape index (κ1) is 15.8. The Balaban J connectivity index is 2.03. The lowest BCUT2D eigenvalue weighted by atomic mass is 10.1. The first-order valence-electron chi connectivity index (χ1n) is 7.45. The summed E-state index contributed by atoms with van der Waals surface area (Å²) in [5.41, 5.74) is 0. The van der Waals surface area contributed by atoms with Gasteiger partial charge in [-0.1, -0.05) is 51.9 Å². The Morgan fingerprint density at radius 3 is 2.58 bits per heavy atom. The van der Waals surface area contributed by atoms with Crippen molar-refractivity contribution < 1.29 is 9.53 Å². The van der Waals surface area contributed by atoms with E-state index in [1.54, 1.807) is 6.92 Å². The fourth-order valence-corrected chi connectivity index (χ4v) is 1.95. The number of ketones is 1. The third kappa shape index (κ3) is 7.70. The predicted octanol–water partition coefficient (Wildman–Crippen LogP) is 3.49. The Labute approximate surface area is 117 Å². The fraction of sp³-hybridized carbons (Fsp3) is 0.706. The van der Waals surface area contributed by atoms with E-state index in [-0.39, 0.29) is 5.78 Å². The van der Waals surface area contributed by atoms with Gasteiger partial charge in [0.25, 0.3) is 0 Å². The number of rotatable bonds is 8. The van der Waals surface area contributed by atoms with Crippen LogP contribution in [0.2, 0.25) is 0 Å². The van der Waals surface area contributed by atoms with E-state index in [1.807, 2.05) is 0 Å². The van der Waals surface area contributed by atoms with Gasteiger partial charge in [0.2, 0.25) is 5.78 Å². The quantitative estimate of drug-likeness (QED) is 0.289. The minimum Gasteiger partial charge on any atom is -0.369 e. The van der Waals surface area contributed by atoms with Crippen LogP contribution in [0.5, 0.6) is 0 Å². The summed E-state index contributed by atoms with van der Waals surface area (Å²) < 4.78 is 5.55. The van der Waals surface area contributed by atoms with E-state index >= 15 is 0 Å². The summed E-state index contributed by atoms with van der Waals surface area (Å²) in [7, 11) is 0. The van der Waals surface area contributed by atoms with Gasteiger partial charge in [0, 0.05) is 12.8 Å². The number of hydrogen-bond donors (Lipinski definition) is 0. The molecule has 0 radical (unpaired) electrons. The minimum absolute atomic E-state index is 0.0538. The number of ether oxygens (including phenoxy) is 1. The molecule has 0 aromatic carbocycles. The Kier molecular flexibility index (Phi) is 8.03. The molecule has 0 bridgehead atoms. The number of epoxide rings is 1. The van der Waals surface area contributed by atoms with Crippen molar-refractivity contribution in [2.75, 3.05) is 0 Å². The molecular formula is C17H24O2. The van der Waals surface area contributed by atoms with Crippen LogP contribution in [0, 0.1) is 23.7 Å². The van der Waals surface area contributed by atoms with E-state index in [0.29, 0.717) is 18.6 Å². The lowest BCUT2D eigenvalue weighted by Crippen LogP contribution is -1.93. The van der Waals surface area contributed by atoms with Crippen molar-refractivity contribution >= 4 is 5.78 Å². The van der Waals surface area contributed by atoms with Gasteiger partial charge in [0.15, 0.2) is 0 Å². The van der Waals surface area contributed by atoms with Gasteiger partial charge in [-0.25, -0.2) is 0 Å². The topological polar surface area (TPSA) is 29.6 Å². The highest BCUT2D eigenvalue weighted by Crippen LogP contribution is 2.29. The van der Waals surface area contributed by atoms with Crippen molar-refractivity contribution in [1.29, 1.82) is 0 Å².